The van der Waals surface area contributed by atoms with Gasteiger partial charge in [-0.2, -0.15) is 0 Å². The number of hydrogen-bond donors (Lipinski definition) is 9. The summed E-state index contributed by atoms with van der Waals surface area (Å²) >= 11 is 5.50. The number of aliphatic hydroxyl groups is 9. The zero-order chi connectivity index (χ0) is 114. The van der Waals surface area contributed by atoms with Crippen molar-refractivity contribution in [3.63, 3.8) is 0 Å². The quantitative estimate of drug-likeness (QED) is 0.0487. The van der Waals surface area contributed by atoms with Gasteiger partial charge in [-0.3, -0.25) is 19.2 Å². The first-order valence-electron chi connectivity index (χ1n) is 54.6. The van der Waals surface area contributed by atoms with Gasteiger partial charge >= 0.3 is 17.9 Å². The third-order valence-corrected chi connectivity index (χ3v) is 37.2. The summed E-state index contributed by atoms with van der Waals surface area (Å²) in [4.78, 5) is 62.2. The molecule has 150 heavy (non-hydrogen) atoms. The summed E-state index contributed by atoms with van der Waals surface area (Å²) in [5.41, 5.74) is -4.43. The average Bonchev–Trinajstić information content (AvgIpc) is 1.68. The number of fused-ring (bicyclic) bond motifs is 4. The molecule has 872 valence electrons. The molecule has 10 aliphatic heterocycles. The molecule has 0 amide bonds. The van der Waals surface area contributed by atoms with Crippen molar-refractivity contribution in [1.29, 1.82) is 0 Å². The van der Waals surface area contributed by atoms with Crippen LogP contribution in [0.25, 0.3) is 0 Å². The Balaban J connectivity index is 0.000000272. The van der Waals surface area contributed by atoms with Gasteiger partial charge in [-0.05, 0) is 208 Å². The normalized spacial score (nSPS) is 46.2. The number of furan rings is 1. The van der Waals surface area contributed by atoms with Crippen LogP contribution < -0.4 is 0 Å². The largest absolute Gasteiger partial charge is 0.491 e. The summed E-state index contributed by atoms with van der Waals surface area (Å²) in [5.74, 6) is -6.57. The highest BCUT2D eigenvalue weighted by molar-refractivity contribution is 9.93. The van der Waals surface area contributed by atoms with Crippen LogP contribution in [0, 0.1) is 93.7 Å². The number of hydrogen-bond acceptors (Lipinski definition) is 36. The lowest BCUT2D eigenvalue weighted by Gasteiger charge is -2.51. The first kappa shape index (κ1) is 132. The lowest BCUT2D eigenvalue weighted by atomic mass is 9.63. The Morgan fingerprint density at radius 2 is 0.673 bits per heavy atom. The number of ether oxygens (including phenoxy) is 19. The summed E-state index contributed by atoms with van der Waals surface area (Å²) < 4.78 is 127. The van der Waals surface area contributed by atoms with E-state index >= 15 is 0 Å². The fraction of sp³-hybridized carbons (Fsp3) is 0.911. The Labute approximate surface area is 910 Å². The van der Waals surface area contributed by atoms with Crippen LogP contribution in [0.5, 0.6) is 0 Å². The number of esters is 3. The van der Waals surface area contributed by atoms with E-state index in [0.717, 1.165) is 11.1 Å². The minimum absolute atomic E-state index is 0.100. The van der Waals surface area contributed by atoms with E-state index < -0.39 is 288 Å². The van der Waals surface area contributed by atoms with Gasteiger partial charge in [0.1, 0.15) is 96.3 Å². The van der Waals surface area contributed by atoms with Crippen molar-refractivity contribution in [2.45, 2.75) is 505 Å². The molecule has 0 spiro atoms. The number of methoxy groups -OCH3 is 3. The lowest BCUT2D eigenvalue weighted by molar-refractivity contribution is -0.315. The Morgan fingerprint density at radius 1 is 0.353 bits per heavy atom. The smallest absolute Gasteiger partial charge is 0.311 e. The molecule has 33 unspecified atom stereocenters. The second-order valence-corrected chi connectivity index (χ2v) is 49.8. The molecule has 0 radical (unpaired) electrons. The van der Waals surface area contributed by atoms with E-state index in [4.69, 9.17) is 94.4 Å². The highest BCUT2D eigenvalue weighted by Crippen LogP contribution is 2.53. The van der Waals surface area contributed by atoms with Gasteiger partial charge in [0, 0.05) is 151 Å². The summed E-state index contributed by atoms with van der Waals surface area (Å²) in [6.45, 7) is 63.6. The number of halogens is 2. The number of rotatable bonds is 18. The van der Waals surface area contributed by atoms with Crippen LogP contribution in [0.3, 0.4) is 0 Å². The predicted molar refractivity (Wildman–Crippen MR) is 570 cm³/mol. The van der Waals surface area contributed by atoms with E-state index in [9.17, 15) is 65.1 Å². The number of carbonyl (C=O) groups is 4. The van der Waals surface area contributed by atoms with E-state index in [-0.39, 0.29) is 73.3 Å². The maximum absolute atomic E-state index is 14.2. The predicted octanol–water partition coefficient (Wildman–Crippen LogP) is 13.6. The molecule has 38 heteroatoms. The van der Waals surface area contributed by atoms with Gasteiger partial charge < -0.3 is 155 Å². The van der Waals surface area contributed by atoms with Gasteiger partial charge in [-0.25, -0.2) is 0 Å². The minimum atomic E-state index is -1.09. The molecule has 1 aromatic heterocycles. The Morgan fingerprint density at radius 3 is 1.02 bits per heavy atom. The first-order valence-corrected chi connectivity index (χ1v) is 58.3. The van der Waals surface area contributed by atoms with Crippen LogP contribution in [0.15, 0.2) is 21.8 Å². The van der Waals surface area contributed by atoms with Crippen LogP contribution >= 0.6 is 28.3 Å². The molecular weight excluding hydrogens is 2080 g/mol. The minimum Gasteiger partial charge on any atom is -0.491 e. The van der Waals surface area contributed by atoms with Crippen LogP contribution in [0.1, 0.15) is 296 Å². The van der Waals surface area contributed by atoms with Gasteiger partial charge in [0.2, 0.25) is 0 Å². The molecule has 49 atom stereocenters. The Hall–Kier alpha value is -3.22. The standard InChI is InChI=1S/C39H71NO11.C37H65NO11.C36H61NO11.Br2/c1-19-17-27(40(14)15)30(42)36(47-19)51-34-22(4)31(50-28-18-39(13,46-16)33(44)25(7)48-28)23(5)35(45)49-26(8)38(11,12)32(43)21(3)29(41)20(2)24(6)37(34,9)10;1-17-15-25(38(12)13)27(39)35(44-17)49-31-20(4)29(47-26-16-37(11,43-14)33(41)23(7)45-26)22(6)34(42)46-24(8)36(9,10)32(40)21(5)28-18(2)19(3)30(31)48-28;1-17-14-25-30(48-34-27(38)24(37(11)12)15-18(2)43-34)19(3)29(47-26-16-36(10,42-13)32(40)22(6)44-26)21(5)33(41)45-23(7)35(8,9)31(39)20(4)28(17)46-25;1-2/h19-28,30-34,36,42-44H,17-18H2,1-16H3;17,19-27,29-33,35,39-41H,15-16H2,1-14H3;14,18-24,26-27,29-32,34,38-40H,15-16H2,1-13H3;/t19-,20-,21+,22+,23-,24?,25+,26?,27?,28?,30?,31?,32?,33?,34?,36?,39?;17-,19?,20+,21+,22-,23+,24?,25?,26?,27?,29?,30?,31?,32?,33?,35?,37?;18-,19+,20+,21-,22+,23?,24?,26?,27?,29?,30?,31?,32?,34?,36?;/m111./s1. The Bertz CT molecular complexity index is 4470. The van der Waals surface area contributed by atoms with Crippen molar-refractivity contribution in [2.75, 3.05) is 63.6 Å². The summed E-state index contributed by atoms with van der Waals surface area (Å²) in [7, 11) is 16.1. The van der Waals surface area contributed by atoms with E-state index in [0.29, 0.717) is 36.5 Å². The van der Waals surface area contributed by atoms with E-state index in [1.807, 2.05) is 195 Å². The van der Waals surface area contributed by atoms with Gasteiger partial charge in [0.25, 0.3) is 0 Å². The second-order valence-electron chi connectivity index (χ2n) is 49.8. The summed E-state index contributed by atoms with van der Waals surface area (Å²) in [6, 6.07) is 1.25. The van der Waals surface area contributed by atoms with Crippen LogP contribution in [-0.4, -0.2) is 367 Å². The van der Waals surface area contributed by atoms with Crippen molar-refractivity contribution < 1.29 is 160 Å². The van der Waals surface area contributed by atoms with Crippen LogP contribution in [-0.2, 0) is 109 Å². The lowest BCUT2D eigenvalue weighted by Crippen LogP contribution is -2.60. The molecule has 8 fully saturated rings. The Kier molecular flexibility index (Phi) is 46.7. The zero-order valence-electron chi connectivity index (χ0n) is 98.3. The van der Waals surface area contributed by atoms with Crippen molar-refractivity contribution in [2.24, 2.45) is 86.8 Å². The summed E-state index contributed by atoms with van der Waals surface area (Å²) in [5, 5.41) is 102. The molecule has 9 N–H and O–H groups in total. The third kappa shape index (κ3) is 28.7. The average molecular weight is 2270 g/mol. The van der Waals surface area contributed by atoms with Crippen molar-refractivity contribution in [3.8, 4) is 0 Å². The fourth-order valence-electron chi connectivity index (χ4n) is 24.4. The second kappa shape index (κ2) is 53.1. The number of cyclic esters (lactones) is 3. The van der Waals surface area contributed by atoms with Crippen LogP contribution in [0.2, 0.25) is 0 Å². The number of ketones is 1. The summed E-state index contributed by atoms with van der Waals surface area (Å²) in [6.07, 6.45) is -21.5. The molecule has 11 rings (SSSR count). The highest BCUT2D eigenvalue weighted by Gasteiger charge is 2.60. The van der Waals surface area contributed by atoms with Gasteiger partial charge in [0.15, 0.2) is 37.7 Å². The maximum Gasteiger partial charge on any atom is 0.311 e. The number of likely N-dealkylation sites (N-methyl/N-ethyl adjacent to an activating group) is 3. The molecule has 1 aromatic rings. The van der Waals surface area contributed by atoms with E-state index in [2.05, 4.69) is 35.2 Å². The molecule has 4 bridgehead atoms. The molecule has 11 heterocycles. The molecule has 8 saturated heterocycles. The monoisotopic (exact) mass is 2270 g/mol. The number of aliphatic hydroxyl groups excluding tert-OH is 9. The number of nitrogens with zero attached hydrogens (tertiary/aromatic N) is 3. The SMILES string of the molecule is BrBr.COC1(C)CC(OC2[C@H](C)C(OC3O[C@H](C)CC(N(C)C)C3O)C(C)(C)C(C)[C@@H](C)C(=O)[C@H](C)C(O)C(C)(C)C(C)OC(=O)[C@@H]2C)O[C@@H](C)C1O.COC1(C)CC(OC2[C@H](C)C(OC3O[C@H](C)CC(N(C)C)C3O)C3OC(=C(C)C3C)[C@H](C)C(O)C(C)(C)C(C)OC(=O)[C@@H]2C)O[C@@H](C)C1O.COC1(C)CC(OC2[C@H](C)C(OC3O[C@H](C)CC(N(C)C)C3O)c3cc(C)c(o3)[C@H](C)C(O)C(C)(C)C(C)OC(=O)[C@@H]2C)O[C@@H](C)C1O. The molecule has 0 aliphatic carbocycles. The third-order valence-electron chi connectivity index (χ3n) is 37.2. The number of carbonyl (C=O) groups excluding carboxylic acids is 4. The van der Waals surface area contributed by atoms with Gasteiger partial charge in [0.05, 0.1) is 114 Å². The first-order chi connectivity index (χ1) is 69.2. The highest BCUT2D eigenvalue weighted by atomic mass is 80.9. The maximum atomic E-state index is 14.2. The number of Topliss-reactive ketones (excluding diaryl/α,β-unsaturated/α-hetero) is 1. The van der Waals surface area contributed by atoms with Gasteiger partial charge in [-0.1, -0.05) is 118 Å². The van der Waals surface area contributed by atoms with Crippen LogP contribution in [0.4, 0.5) is 0 Å². The van der Waals surface area contributed by atoms with Crippen molar-refractivity contribution in [1.82, 2.24) is 14.7 Å². The van der Waals surface area contributed by atoms with Crippen molar-refractivity contribution >= 4 is 51.9 Å². The zero-order valence-corrected chi connectivity index (χ0v) is 101. The van der Waals surface area contributed by atoms with E-state index in [1.165, 1.54) is 14.2 Å². The molecule has 0 aromatic carbocycles. The van der Waals surface area contributed by atoms with Gasteiger partial charge in [-0.15, -0.1) is 0 Å². The van der Waals surface area contributed by atoms with E-state index in [1.54, 1.807) is 104 Å². The molecule has 36 nitrogen and oxygen atoms in total. The van der Waals surface area contributed by atoms with Crippen molar-refractivity contribution in [3.05, 3.63) is 34.5 Å². The molecule has 10 aliphatic rings. The molecular formula is C112H197Br2N3O33. The molecule has 0 saturated carbocycles. The number of aryl methyl sites for hydroxylation is 1. The topological polar surface area (TPSA) is 449 Å². The fourth-order valence-corrected chi connectivity index (χ4v) is 24.4.